The minimum absolute atomic E-state index is 0.0201. The number of nitrogens with zero attached hydrogens (tertiary/aromatic N) is 3. The van der Waals surface area contributed by atoms with E-state index in [-0.39, 0.29) is 30.3 Å². The molecular weight excluding hydrogens is 418 g/mol. The van der Waals surface area contributed by atoms with Gasteiger partial charge in [0, 0.05) is 45.3 Å². The second kappa shape index (κ2) is 9.17. The summed E-state index contributed by atoms with van der Waals surface area (Å²) in [6.45, 7) is 1.83. The Morgan fingerprint density at radius 1 is 0.724 bits per heavy atom. The predicted molar refractivity (Wildman–Crippen MR) is 109 cm³/mol. The van der Waals surface area contributed by atoms with Crippen molar-refractivity contribution in [3.8, 4) is 11.5 Å². The number of rotatable bonds is 6. The van der Waals surface area contributed by atoms with E-state index < -0.39 is 20.2 Å². The molecule has 29 heavy (non-hydrogen) atoms. The maximum atomic E-state index is 13.3. The van der Waals surface area contributed by atoms with Gasteiger partial charge in [0.05, 0.1) is 14.2 Å². The third-order valence-corrected chi connectivity index (χ3v) is 9.33. The van der Waals surface area contributed by atoms with Crippen molar-refractivity contribution in [2.45, 2.75) is 30.6 Å². The van der Waals surface area contributed by atoms with Crippen LogP contribution in [0.5, 0.6) is 11.5 Å². The summed E-state index contributed by atoms with van der Waals surface area (Å²) in [6.07, 6.45) is 3.20. The topological polar surface area (TPSA) is 96.5 Å². The van der Waals surface area contributed by atoms with E-state index in [0.29, 0.717) is 31.8 Å². The van der Waals surface area contributed by atoms with Gasteiger partial charge in [0.15, 0.2) is 0 Å². The fraction of sp³-hybridized carbons (Fsp3) is 0.667. The summed E-state index contributed by atoms with van der Waals surface area (Å²) in [5.74, 6) is 0.640. The maximum absolute atomic E-state index is 13.3. The molecule has 164 valence electrons. The molecule has 0 aromatic heterocycles. The number of piperidine rings is 1. The first kappa shape index (κ1) is 22.3. The monoisotopic (exact) mass is 447 g/mol. The highest BCUT2D eigenvalue weighted by Crippen LogP contribution is 2.31. The van der Waals surface area contributed by atoms with Gasteiger partial charge >= 0.3 is 0 Å². The fourth-order valence-electron chi connectivity index (χ4n) is 3.72. The van der Waals surface area contributed by atoms with E-state index >= 15 is 0 Å². The first-order valence-electron chi connectivity index (χ1n) is 9.78. The summed E-state index contributed by atoms with van der Waals surface area (Å²) >= 11 is 0. The van der Waals surface area contributed by atoms with Gasteiger partial charge in [-0.1, -0.05) is 6.42 Å². The lowest BCUT2D eigenvalue weighted by Crippen LogP contribution is -2.47. The van der Waals surface area contributed by atoms with Gasteiger partial charge in [0.1, 0.15) is 16.4 Å². The molecule has 0 radical (unpaired) electrons. The zero-order chi connectivity index (χ0) is 21.1. The molecule has 1 aromatic carbocycles. The maximum Gasteiger partial charge on any atom is 0.282 e. The smallest absolute Gasteiger partial charge is 0.282 e. The first-order chi connectivity index (χ1) is 13.8. The molecular formula is C18H29N3O6S2. The summed E-state index contributed by atoms with van der Waals surface area (Å²) < 4.78 is 67.1. The van der Waals surface area contributed by atoms with E-state index in [9.17, 15) is 16.8 Å². The molecule has 0 amide bonds. The quantitative estimate of drug-likeness (QED) is 0.649. The van der Waals surface area contributed by atoms with Gasteiger partial charge in [0.2, 0.25) is 10.0 Å². The summed E-state index contributed by atoms with van der Waals surface area (Å²) in [6, 6.07) is 4.62. The summed E-state index contributed by atoms with van der Waals surface area (Å²) in [5.41, 5.74) is 0. The van der Waals surface area contributed by atoms with Crippen LogP contribution < -0.4 is 9.47 Å². The zero-order valence-electron chi connectivity index (χ0n) is 16.9. The molecule has 2 heterocycles. The van der Waals surface area contributed by atoms with Gasteiger partial charge in [-0.2, -0.15) is 21.3 Å². The molecule has 0 unspecified atom stereocenters. The molecule has 2 aliphatic rings. The Kier molecular flexibility index (Phi) is 7.05. The molecule has 9 nitrogen and oxygen atoms in total. The van der Waals surface area contributed by atoms with Gasteiger partial charge in [-0.15, -0.1) is 0 Å². The van der Waals surface area contributed by atoms with Crippen LogP contribution in [0.4, 0.5) is 0 Å². The van der Waals surface area contributed by atoms with Crippen molar-refractivity contribution >= 4 is 20.2 Å². The Morgan fingerprint density at radius 3 is 1.97 bits per heavy atom. The highest BCUT2D eigenvalue weighted by Gasteiger charge is 2.35. The lowest BCUT2D eigenvalue weighted by Gasteiger charge is -2.31. The van der Waals surface area contributed by atoms with Crippen molar-refractivity contribution in [1.82, 2.24) is 12.9 Å². The van der Waals surface area contributed by atoms with Crippen LogP contribution in [0.15, 0.2) is 23.1 Å². The molecule has 2 saturated heterocycles. The lowest BCUT2D eigenvalue weighted by molar-refractivity contribution is 0.305. The van der Waals surface area contributed by atoms with E-state index in [1.165, 1.54) is 33.2 Å². The lowest BCUT2D eigenvalue weighted by atomic mass is 10.2. The Labute approximate surface area is 173 Å². The zero-order valence-corrected chi connectivity index (χ0v) is 18.5. The molecule has 0 bridgehead atoms. The first-order valence-corrected chi connectivity index (χ1v) is 12.6. The summed E-state index contributed by atoms with van der Waals surface area (Å²) in [7, 11) is -4.55. The van der Waals surface area contributed by atoms with Gasteiger partial charge in [-0.05, 0) is 31.4 Å². The number of hydrogen-bond acceptors (Lipinski definition) is 6. The predicted octanol–water partition coefficient (Wildman–Crippen LogP) is 1.13. The number of hydrogen-bond donors (Lipinski definition) is 0. The molecule has 0 spiro atoms. The molecule has 2 aliphatic heterocycles. The van der Waals surface area contributed by atoms with E-state index in [1.54, 1.807) is 12.1 Å². The van der Waals surface area contributed by atoms with Crippen LogP contribution in [0.25, 0.3) is 0 Å². The van der Waals surface area contributed by atoms with Crippen molar-refractivity contribution < 1.29 is 26.3 Å². The SMILES string of the molecule is COc1ccc(OC)c(S(=O)(=O)N2CCCN(S(=O)(=O)N3CCCCC3)CC2)c1. The number of ether oxygens (including phenoxy) is 2. The van der Waals surface area contributed by atoms with Gasteiger partial charge < -0.3 is 9.47 Å². The van der Waals surface area contributed by atoms with Gasteiger partial charge in [0.25, 0.3) is 10.2 Å². The normalized spacial score (nSPS) is 20.9. The van der Waals surface area contributed by atoms with Gasteiger partial charge in [-0.25, -0.2) is 8.42 Å². The van der Waals surface area contributed by atoms with Crippen molar-refractivity contribution in [2.24, 2.45) is 0 Å². The van der Waals surface area contributed by atoms with Gasteiger partial charge in [-0.3, -0.25) is 0 Å². The van der Waals surface area contributed by atoms with Crippen molar-refractivity contribution in [1.29, 1.82) is 0 Å². The number of methoxy groups -OCH3 is 2. The minimum atomic E-state index is -3.86. The summed E-state index contributed by atoms with van der Waals surface area (Å²) in [5, 5.41) is 0. The van der Waals surface area contributed by atoms with E-state index in [0.717, 1.165) is 19.3 Å². The molecule has 1 aromatic rings. The van der Waals surface area contributed by atoms with E-state index in [4.69, 9.17) is 9.47 Å². The van der Waals surface area contributed by atoms with Crippen LogP contribution in [0.1, 0.15) is 25.7 Å². The van der Waals surface area contributed by atoms with E-state index in [1.807, 2.05) is 0 Å². The van der Waals surface area contributed by atoms with Crippen LogP contribution in [-0.2, 0) is 20.2 Å². The Hall–Kier alpha value is -1.40. The molecule has 0 aliphatic carbocycles. The van der Waals surface area contributed by atoms with Crippen LogP contribution in [-0.4, -0.2) is 83.2 Å². The average Bonchev–Trinajstić information content (AvgIpc) is 3.01. The second-order valence-corrected chi connectivity index (χ2v) is 11.0. The highest BCUT2D eigenvalue weighted by molar-refractivity contribution is 7.89. The largest absolute Gasteiger partial charge is 0.497 e. The van der Waals surface area contributed by atoms with Crippen molar-refractivity contribution in [3.05, 3.63) is 18.2 Å². The molecule has 0 N–H and O–H groups in total. The third kappa shape index (κ3) is 4.69. The van der Waals surface area contributed by atoms with E-state index in [2.05, 4.69) is 0 Å². The van der Waals surface area contributed by atoms with Crippen molar-refractivity contribution in [2.75, 3.05) is 53.5 Å². The number of benzene rings is 1. The minimum Gasteiger partial charge on any atom is -0.497 e. The average molecular weight is 448 g/mol. The highest BCUT2D eigenvalue weighted by atomic mass is 32.2. The van der Waals surface area contributed by atoms with Crippen LogP contribution in [0, 0.1) is 0 Å². The van der Waals surface area contributed by atoms with Crippen LogP contribution in [0.3, 0.4) is 0 Å². The Balaban J connectivity index is 1.80. The molecule has 2 fully saturated rings. The Morgan fingerprint density at radius 2 is 1.31 bits per heavy atom. The van der Waals surface area contributed by atoms with Crippen LogP contribution in [0.2, 0.25) is 0 Å². The fourth-order valence-corrected chi connectivity index (χ4v) is 7.08. The third-order valence-electron chi connectivity index (χ3n) is 5.37. The molecule has 0 saturated carbocycles. The molecule has 11 heteroatoms. The standard InChI is InChI=1S/C18H29N3O6S2/c1-26-16-7-8-17(27-2)18(15-16)28(22,23)19-11-6-12-21(14-13-19)29(24,25)20-9-4-3-5-10-20/h7-8,15H,3-6,9-14H2,1-2H3. The molecule has 0 atom stereocenters. The number of sulfonamides is 1. The Bertz CT molecular complexity index is 914. The second-order valence-electron chi connectivity index (χ2n) is 7.14. The molecule has 3 rings (SSSR count). The summed E-state index contributed by atoms with van der Waals surface area (Å²) in [4.78, 5) is 0.0201. The van der Waals surface area contributed by atoms with Crippen molar-refractivity contribution in [3.63, 3.8) is 0 Å². The van der Waals surface area contributed by atoms with Crippen LogP contribution >= 0.6 is 0 Å².